The molecule has 1 amide bonds. The summed E-state index contributed by atoms with van der Waals surface area (Å²) in [6, 6.07) is 5.19. The number of pyridine rings is 1. The molecule has 0 aliphatic carbocycles. The second kappa shape index (κ2) is 7.16. The number of aryl methyl sites for hydroxylation is 1. The Morgan fingerprint density at radius 2 is 2.20 bits per heavy atom. The number of carbonyl (C=O) groups excluding carboxylic acids is 1. The first kappa shape index (κ1) is 17.3. The van der Waals surface area contributed by atoms with Gasteiger partial charge in [0.25, 0.3) is 5.91 Å². The Morgan fingerprint density at radius 1 is 1.40 bits per heavy atom. The van der Waals surface area contributed by atoms with Crippen molar-refractivity contribution in [1.82, 2.24) is 24.5 Å². The molecular weight excluding hydrogens is 342 g/mol. The van der Waals surface area contributed by atoms with E-state index in [1.165, 1.54) is 9.42 Å². The fourth-order valence-electron chi connectivity index (χ4n) is 2.57. The first-order chi connectivity index (χ1) is 12.0. The van der Waals surface area contributed by atoms with E-state index in [1.807, 2.05) is 25.1 Å². The molecule has 8 heteroatoms. The van der Waals surface area contributed by atoms with Crippen LogP contribution in [0.3, 0.4) is 0 Å². The van der Waals surface area contributed by atoms with Gasteiger partial charge in [0.2, 0.25) is 0 Å². The van der Waals surface area contributed by atoms with Gasteiger partial charge in [-0.3, -0.25) is 9.78 Å². The lowest BCUT2D eigenvalue weighted by Crippen LogP contribution is -2.34. The van der Waals surface area contributed by atoms with Crippen LogP contribution >= 0.6 is 11.6 Å². The third-order valence-electron chi connectivity index (χ3n) is 3.89. The highest BCUT2D eigenvalue weighted by Crippen LogP contribution is 2.25. The summed E-state index contributed by atoms with van der Waals surface area (Å²) in [7, 11) is 3.26. The third kappa shape index (κ3) is 3.33. The highest BCUT2D eigenvalue weighted by Gasteiger charge is 2.28. The molecule has 0 saturated carbocycles. The number of methoxy groups -OCH3 is 1. The zero-order valence-corrected chi connectivity index (χ0v) is 14.9. The molecule has 0 aliphatic rings. The molecule has 0 N–H and O–H groups in total. The SMILES string of the molecule is COCC(c1ccccn1)N(C)C(=O)c1nn2cc(C)cnc2c1Cl. The van der Waals surface area contributed by atoms with Crippen molar-refractivity contribution in [2.75, 3.05) is 20.8 Å². The van der Waals surface area contributed by atoms with E-state index < -0.39 is 0 Å². The smallest absolute Gasteiger partial charge is 0.276 e. The summed E-state index contributed by atoms with van der Waals surface area (Å²) < 4.78 is 6.78. The highest BCUT2D eigenvalue weighted by atomic mass is 35.5. The number of ether oxygens (including phenoxy) is 1. The summed E-state index contributed by atoms with van der Waals surface area (Å²) in [5, 5.41) is 4.53. The summed E-state index contributed by atoms with van der Waals surface area (Å²) >= 11 is 6.34. The Labute approximate surface area is 150 Å². The summed E-state index contributed by atoms with van der Waals surface area (Å²) in [6.45, 7) is 2.20. The fourth-order valence-corrected chi connectivity index (χ4v) is 2.83. The predicted molar refractivity (Wildman–Crippen MR) is 93.7 cm³/mol. The van der Waals surface area contributed by atoms with Gasteiger partial charge in [-0.1, -0.05) is 17.7 Å². The van der Waals surface area contributed by atoms with E-state index in [1.54, 1.807) is 32.7 Å². The van der Waals surface area contributed by atoms with Crippen molar-refractivity contribution in [1.29, 1.82) is 0 Å². The van der Waals surface area contributed by atoms with Gasteiger partial charge in [0.05, 0.1) is 18.3 Å². The molecule has 0 saturated heterocycles. The molecule has 3 heterocycles. The van der Waals surface area contributed by atoms with Gasteiger partial charge in [-0.2, -0.15) is 5.10 Å². The van der Waals surface area contributed by atoms with Crippen molar-refractivity contribution in [2.45, 2.75) is 13.0 Å². The second-order valence-electron chi connectivity index (χ2n) is 5.70. The molecule has 1 atom stereocenters. The molecule has 0 aromatic carbocycles. The Bertz CT molecular complexity index is 897. The van der Waals surface area contributed by atoms with Crippen LogP contribution in [-0.2, 0) is 4.74 Å². The largest absolute Gasteiger partial charge is 0.382 e. The topological polar surface area (TPSA) is 72.6 Å². The van der Waals surface area contributed by atoms with E-state index >= 15 is 0 Å². The molecule has 0 bridgehead atoms. The number of nitrogens with zero attached hydrogens (tertiary/aromatic N) is 5. The number of hydrogen-bond donors (Lipinski definition) is 0. The van der Waals surface area contributed by atoms with Crippen molar-refractivity contribution >= 4 is 23.2 Å². The van der Waals surface area contributed by atoms with Crippen molar-refractivity contribution < 1.29 is 9.53 Å². The molecular formula is C17H18ClN5O2. The van der Waals surface area contributed by atoms with Crippen LogP contribution in [0, 0.1) is 6.92 Å². The first-order valence-electron chi connectivity index (χ1n) is 7.70. The lowest BCUT2D eigenvalue weighted by Gasteiger charge is -2.26. The van der Waals surface area contributed by atoms with Crippen LogP contribution in [0.2, 0.25) is 5.02 Å². The molecule has 0 radical (unpaired) electrons. The quantitative estimate of drug-likeness (QED) is 0.700. The van der Waals surface area contributed by atoms with Gasteiger partial charge in [0.1, 0.15) is 5.02 Å². The van der Waals surface area contributed by atoms with Crippen LogP contribution in [0.5, 0.6) is 0 Å². The number of aromatic nitrogens is 4. The number of carbonyl (C=O) groups is 1. The number of rotatable bonds is 5. The Hall–Kier alpha value is -2.51. The minimum atomic E-state index is -0.353. The molecule has 3 rings (SSSR count). The number of halogens is 1. The second-order valence-corrected chi connectivity index (χ2v) is 6.08. The minimum Gasteiger partial charge on any atom is -0.382 e. The van der Waals surface area contributed by atoms with Crippen LogP contribution in [0.15, 0.2) is 36.8 Å². The average Bonchev–Trinajstić information content (AvgIpc) is 2.95. The molecule has 0 fully saturated rings. The van der Waals surface area contributed by atoms with Crippen molar-refractivity contribution in [3.8, 4) is 0 Å². The van der Waals surface area contributed by atoms with Gasteiger partial charge >= 0.3 is 0 Å². The van der Waals surface area contributed by atoms with E-state index in [0.717, 1.165) is 11.3 Å². The minimum absolute atomic E-state index is 0.152. The monoisotopic (exact) mass is 359 g/mol. The van der Waals surface area contributed by atoms with Crippen LogP contribution in [0.4, 0.5) is 0 Å². The number of amides is 1. The average molecular weight is 360 g/mol. The number of fused-ring (bicyclic) bond motifs is 1. The number of likely N-dealkylation sites (N-methyl/N-ethyl adjacent to an activating group) is 1. The molecule has 0 aliphatic heterocycles. The molecule has 3 aromatic heterocycles. The van der Waals surface area contributed by atoms with E-state index in [0.29, 0.717) is 12.3 Å². The molecule has 3 aromatic rings. The van der Waals surface area contributed by atoms with Crippen LogP contribution < -0.4 is 0 Å². The maximum absolute atomic E-state index is 13.0. The zero-order valence-electron chi connectivity index (χ0n) is 14.2. The van der Waals surface area contributed by atoms with E-state index in [9.17, 15) is 4.79 Å². The first-order valence-corrected chi connectivity index (χ1v) is 8.08. The highest BCUT2D eigenvalue weighted by molar-refractivity contribution is 6.36. The van der Waals surface area contributed by atoms with Crippen LogP contribution in [0.1, 0.15) is 27.8 Å². The zero-order chi connectivity index (χ0) is 18.0. The Kier molecular flexibility index (Phi) is 4.96. The van der Waals surface area contributed by atoms with E-state index in [4.69, 9.17) is 16.3 Å². The number of hydrogen-bond acceptors (Lipinski definition) is 5. The molecule has 0 spiro atoms. The fraction of sp³-hybridized carbons (Fsp3) is 0.294. The molecule has 1 unspecified atom stereocenters. The van der Waals surface area contributed by atoms with E-state index in [-0.39, 0.29) is 22.7 Å². The lowest BCUT2D eigenvalue weighted by molar-refractivity contribution is 0.0589. The summed E-state index contributed by atoms with van der Waals surface area (Å²) in [6.07, 6.45) is 5.14. The maximum Gasteiger partial charge on any atom is 0.276 e. The lowest BCUT2D eigenvalue weighted by atomic mass is 10.1. The summed E-state index contributed by atoms with van der Waals surface area (Å²) in [5.74, 6) is -0.319. The van der Waals surface area contributed by atoms with Crippen LogP contribution in [-0.4, -0.2) is 51.2 Å². The van der Waals surface area contributed by atoms with Gasteiger partial charge in [0.15, 0.2) is 11.3 Å². The van der Waals surface area contributed by atoms with E-state index in [2.05, 4.69) is 15.1 Å². The maximum atomic E-state index is 13.0. The normalized spacial score (nSPS) is 12.3. The summed E-state index contributed by atoms with van der Waals surface area (Å²) in [4.78, 5) is 23.1. The van der Waals surface area contributed by atoms with Crippen molar-refractivity contribution in [3.05, 3.63) is 58.8 Å². The molecule has 7 nitrogen and oxygen atoms in total. The van der Waals surface area contributed by atoms with Gasteiger partial charge in [-0.05, 0) is 24.6 Å². The van der Waals surface area contributed by atoms with Gasteiger partial charge in [-0.25, -0.2) is 9.50 Å². The van der Waals surface area contributed by atoms with Crippen molar-refractivity contribution in [2.24, 2.45) is 0 Å². The third-order valence-corrected chi connectivity index (χ3v) is 4.24. The van der Waals surface area contributed by atoms with Crippen LogP contribution in [0.25, 0.3) is 5.65 Å². The van der Waals surface area contributed by atoms with Gasteiger partial charge in [0, 0.05) is 32.7 Å². The molecule has 25 heavy (non-hydrogen) atoms. The van der Waals surface area contributed by atoms with Crippen molar-refractivity contribution in [3.63, 3.8) is 0 Å². The predicted octanol–water partition coefficient (Wildman–Crippen LogP) is 2.55. The summed E-state index contributed by atoms with van der Waals surface area (Å²) in [5.41, 5.74) is 2.25. The molecule has 130 valence electrons. The van der Waals surface area contributed by atoms with Gasteiger partial charge < -0.3 is 9.64 Å². The Morgan fingerprint density at radius 3 is 2.88 bits per heavy atom. The standard InChI is InChI=1S/C17H18ClN5O2/c1-11-8-20-16-14(18)15(21-23(16)9-11)17(24)22(2)13(10-25-3)12-6-4-5-7-19-12/h4-9,13H,10H2,1-3H3. The van der Waals surface area contributed by atoms with Gasteiger partial charge in [-0.15, -0.1) is 0 Å². The Balaban J connectivity index is 1.97.